The molecular formula is C17H33Na3O13S3. The molecule has 0 saturated carbocycles. The number of rotatable bonds is 20. The summed E-state index contributed by atoms with van der Waals surface area (Å²) in [5, 5.41) is 9.49. The molecule has 1 N–H and O–H groups in total. The second-order valence-electron chi connectivity index (χ2n) is 7.85. The predicted molar refractivity (Wildman–Crippen MR) is 113 cm³/mol. The Morgan fingerprint density at radius 3 is 1.61 bits per heavy atom. The van der Waals surface area contributed by atoms with Crippen LogP contribution in [0.15, 0.2) is 0 Å². The molecule has 0 saturated heterocycles. The third-order valence-electron chi connectivity index (χ3n) is 4.33. The Labute approximate surface area is 281 Å². The summed E-state index contributed by atoms with van der Waals surface area (Å²) in [4.78, 5) is 0. The second-order valence-corrected chi connectivity index (χ2v) is 12.2. The average molecular weight is 611 g/mol. The van der Waals surface area contributed by atoms with E-state index in [1.807, 2.05) is 6.92 Å². The zero-order valence-corrected chi connectivity index (χ0v) is 30.1. The molecule has 0 rings (SSSR count). The first-order valence-corrected chi connectivity index (χ1v) is 15.0. The predicted octanol–water partition coefficient (Wildman–Crippen LogP) is -10.0. The van der Waals surface area contributed by atoms with Gasteiger partial charge in [-0.25, -0.2) is 25.3 Å². The van der Waals surface area contributed by atoms with Gasteiger partial charge in [-0.15, -0.1) is 0 Å². The van der Waals surface area contributed by atoms with Crippen molar-refractivity contribution in [3.63, 3.8) is 0 Å². The first-order valence-electron chi connectivity index (χ1n) is 10.3. The number of hydrogen-bond acceptors (Lipinski definition) is 13. The van der Waals surface area contributed by atoms with E-state index in [1.165, 1.54) is 0 Å². The van der Waals surface area contributed by atoms with Crippen LogP contribution < -0.4 is 88.7 Å². The Balaban J connectivity index is -0.00000171. The van der Waals surface area contributed by atoms with E-state index in [9.17, 15) is 44.0 Å². The van der Waals surface area contributed by atoms with Crippen molar-refractivity contribution in [1.29, 1.82) is 0 Å². The molecular weight excluding hydrogens is 577 g/mol. The molecule has 4 unspecified atom stereocenters. The van der Waals surface area contributed by atoms with Crippen LogP contribution in [0.5, 0.6) is 0 Å². The molecule has 0 radical (unpaired) electrons. The Morgan fingerprint density at radius 2 is 1.17 bits per heavy atom. The Kier molecular flexibility index (Phi) is 29.3. The van der Waals surface area contributed by atoms with Gasteiger partial charge in [0.1, 0.15) is 0 Å². The summed E-state index contributed by atoms with van der Waals surface area (Å²) in [5.41, 5.74) is 0. The van der Waals surface area contributed by atoms with Gasteiger partial charge in [-0.05, 0) is 12.3 Å². The van der Waals surface area contributed by atoms with E-state index in [4.69, 9.17) is 14.2 Å². The number of aliphatic hydroxyl groups is 1. The van der Waals surface area contributed by atoms with Gasteiger partial charge in [0.05, 0.1) is 85.7 Å². The third kappa shape index (κ3) is 31.1. The zero-order chi connectivity index (χ0) is 25.7. The molecule has 0 bridgehead atoms. The van der Waals surface area contributed by atoms with E-state index in [-0.39, 0.29) is 102 Å². The minimum Gasteiger partial charge on any atom is -0.748 e. The molecule has 19 heteroatoms. The summed E-state index contributed by atoms with van der Waals surface area (Å²) < 4.78 is 114. The molecule has 0 aromatic heterocycles. The molecule has 0 aliphatic carbocycles. The van der Waals surface area contributed by atoms with Crippen molar-refractivity contribution >= 4 is 30.4 Å². The minimum atomic E-state index is -4.86. The molecule has 0 spiro atoms. The number of aliphatic hydroxyl groups excluding tert-OH is 1. The summed E-state index contributed by atoms with van der Waals surface area (Å²) in [7, 11) is -14.4. The summed E-state index contributed by atoms with van der Waals surface area (Å²) in [6.07, 6.45) is -0.808. The van der Waals surface area contributed by atoms with Crippen molar-refractivity contribution in [2.75, 3.05) is 43.7 Å². The van der Waals surface area contributed by atoms with Crippen LogP contribution in [0.4, 0.5) is 0 Å². The van der Waals surface area contributed by atoms with Crippen LogP contribution in [0, 0.1) is 5.92 Å². The van der Waals surface area contributed by atoms with Crippen LogP contribution in [-0.2, 0) is 44.6 Å². The molecule has 0 aliphatic heterocycles. The summed E-state index contributed by atoms with van der Waals surface area (Å²) in [6, 6.07) is 0. The largest absolute Gasteiger partial charge is 1.00 e. The quantitative estimate of drug-likeness (QED) is 0.0770. The maximum absolute atomic E-state index is 11.1. The maximum Gasteiger partial charge on any atom is 1.00 e. The fraction of sp³-hybridized carbons (Fsp3) is 1.00. The molecule has 13 nitrogen and oxygen atoms in total. The van der Waals surface area contributed by atoms with Gasteiger partial charge in [0, 0.05) is 6.61 Å². The van der Waals surface area contributed by atoms with Crippen LogP contribution in [0.3, 0.4) is 0 Å². The molecule has 0 aromatic rings. The molecule has 4 atom stereocenters. The Hall–Kier alpha value is 2.57. The van der Waals surface area contributed by atoms with Crippen molar-refractivity contribution in [1.82, 2.24) is 0 Å². The molecule has 0 heterocycles. The van der Waals surface area contributed by atoms with Gasteiger partial charge >= 0.3 is 88.7 Å². The van der Waals surface area contributed by atoms with Crippen LogP contribution in [-0.4, -0.2) is 106 Å². The second kappa shape index (κ2) is 23.2. The summed E-state index contributed by atoms with van der Waals surface area (Å²) >= 11 is 0. The topological polar surface area (TPSA) is 220 Å². The van der Waals surface area contributed by atoms with Crippen molar-refractivity contribution in [2.24, 2.45) is 5.92 Å². The van der Waals surface area contributed by atoms with Gasteiger partial charge in [-0.1, -0.05) is 33.1 Å². The zero-order valence-electron chi connectivity index (χ0n) is 21.7. The summed E-state index contributed by atoms with van der Waals surface area (Å²) in [6.45, 7) is 2.60. The van der Waals surface area contributed by atoms with Gasteiger partial charge < -0.3 is 33.0 Å². The van der Waals surface area contributed by atoms with Crippen LogP contribution in [0.25, 0.3) is 0 Å². The van der Waals surface area contributed by atoms with Gasteiger partial charge in [0.2, 0.25) is 0 Å². The molecule has 0 aromatic carbocycles. The van der Waals surface area contributed by atoms with E-state index in [1.54, 1.807) is 0 Å². The van der Waals surface area contributed by atoms with Crippen LogP contribution in [0.1, 0.15) is 39.5 Å². The van der Waals surface area contributed by atoms with E-state index in [2.05, 4.69) is 6.92 Å². The first-order chi connectivity index (χ1) is 15.0. The van der Waals surface area contributed by atoms with Crippen molar-refractivity contribution in [3.8, 4) is 0 Å². The Morgan fingerprint density at radius 1 is 0.722 bits per heavy atom. The fourth-order valence-corrected chi connectivity index (χ4v) is 4.58. The van der Waals surface area contributed by atoms with Crippen molar-refractivity contribution in [3.05, 3.63) is 0 Å². The van der Waals surface area contributed by atoms with Gasteiger partial charge in [-0.2, -0.15) is 0 Å². The normalized spacial score (nSPS) is 15.5. The van der Waals surface area contributed by atoms with E-state index < -0.39 is 79.1 Å². The standard InChI is InChI=1S/C17H36O13S3.3Na/c1-3-4-5-14(2)6-7-28-9-16(12-32(22,23)24)30-10-17(13-33(25,26)27)29-8-15(18)11-31(19,20)21;;;/h14-18H,3-13H2,1-2H3,(H,19,20,21)(H,22,23,24)(H,25,26,27);;;/q;3*+1/p-3. The van der Waals surface area contributed by atoms with Gasteiger partial charge in [-0.3, -0.25) is 0 Å². The van der Waals surface area contributed by atoms with Gasteiger partial charge in [0.25, 0.3) is 0 Å². The molecule has 0 aliphatic rings. The Bertz CT molecular complexity index is 854. The average Bonchev–Trinajstić information content (AvgIpc) is 2.61. The van der Waals surface area contributed by atoms with Crippen LogP contribution in [0.2, 0.25) is 0 Å². The number of unbranched alkanes of at least 4 members (excludes halogenated alkanes) is 1. The number of ether oxygens (including phenoxy) is 3. The van der Waals surface area contributed by atoms with Crippen molar-refractivity contribution in [2.45, 2.75) is 57.8 Å². The fourth-order valence-electron chi connectivity index (χ4n) is 2.71. The van der Waals surface area contributed by atoms with E-state index in [0.717, 1.165) is 19.3 Å². The summed E-state index contributed by atoms with van der Waals surface area (Å²) in [5.74, 6) is -2.95. The SMILES string of the molecule is CCCCC(C)CCOCC(CS(=O)(=O)[O-])OCC(CS(=O)(=O)[O-])OCC(O)CS(=O)(=O)[O-].[Na+].[Na+].[Na+]. The van der Waals surface area contributed by atoms with E-state index >= 15 is 0 Å². The number of hydrogen-bond donors (Lipinski definition) is 1. The molecule has 0 fully saturated rings. The minimum absolute atomic E-state index is 0. The third-order valence-corrected chi connectivity index (χ3v) is 6.68. The maximum atomic E-state index is 11.1. The molecule has 36 heavy (non-hydrogen) atoms. The molecule has 0 amide bonds. The first kappa shape index (κ1) is 45.6. The van der Waals surface area contributed by atoms with Crippen LogP contribution >= 0.6 is 0 Å². The molecule has 200 valence electrons. The monoisotopic (exact) mass is 610 g/mol. The smallest absolute Gasteiger partial charge is 0.748 e. The van der Waals surface area contributed by atoms with Gasteiger partial charge in [0.15, 0.2) is 0 Å². The van der Waals surface area contributed by atoms with Crippen molar-refractivity contribution < 1.29 is 147 Å². The van der Waals surface area contributed by atoms with E-state index in [0.29, 0.717) is 12.3 Å².